The third-order valence-corrected chi connectivity index (χ3v) is 5.70. The average molecular weight is 333 g/mol. The van der Waals surface area contributed by atoms with Gasteiger partial charge in [-0.15, -0.1) is 0 Å². The maximum atomic E-state index is 2.50. The highest BCUT2D eigenvalue weighted by molar-refractivity contribution is 6.13. The van der Waals surface area contributed by atoms with Crippen molar-refractivity contribution in [2.24, 2.45) is 0 Å². The van der Waals surface area contributed by atoms with Gasteiger partial charge in [-0.3, -0.25) is 0 Å². The molecular formula is C22H27N3. The molecule has 0 N–H and O–H groups in total. The first-order valence-corrected chi connectivity index (χ1v) is 9.07. The number of fused-ring (bicyclic) bond motifs is 3. The van der Waals surface area contributed by atoms with Crippen molar-refractivity contribution in [1.29, 1.82) is 0 Å². The summed E-state index contributed by atoms with van der Waals surface area (Å²) in [7, 11) is 2.14. The SMILES string of the molecule is Cc1ccc2c3ccccc3n(C(C)C)c2c1N1C=CN(C)C1(C)C. The van der Waals surface area contributed by atoms with Gasteiger partial charge in [0.25, 0.3) is 0 Å². The minimum absolute atomic E-state index is 0.0860. The Balaban J connectivity index is 2.15. The number of hydrogen-bond acceptors (Lipinski definition) is 2. The molecule has 0 unspecified atom stereocenters. The summed E-state index contributed by atoms with van der Waals surface area (Å²) in [6.07, 6.45) is 4.38. The maximum Gasteiger partial charge on any atom is 0.110 e. The highest BCUT2D eigenvalue weighted by atomic mass is 15.4. The fourth-order valence-electron chi connectivity index (χ4n) is 4.06. The molecule has 0 amide bonds. The van der Waals surface area contributed by atoms with Crippen LogP contribution in [0.5, 0.6) is 0 Å². The van der Waals surface area contributed by atoms with Crippen LogP contribution in [0, 0.1) is 6.92 Å². The molecule has 3 aromatic rings. The lowest BCUT2D eigenvalue weighted by atomic mass is 10.0. The number of aromatic nitrogens is 1. The van der Waals surface area contributed by atoms with Gasteiger partial charge in [0.15, 0.2) is 0 Å². The minimum atomic E-state index is -0.0860. The zero-order valence-corrected chi connectivity index (χ0v) is 16.0. The highest BCUT2D eigenvalue weighted by Crippen LogP contribution is 2.43. The normalized spacial score (nSPS) is 16.8. The van der Waals surface area contributed by atoms with Gasteiger partial charge in [-0.2, -0.15) is 0 Å². The van der Waals surface area contributed by atoms with E-state index in [0.717, 1.165) is 0 Å². The Morgan fingerprint density at radius 1 is 0.920 bits per heavy atom. The summed E-state index contributed by atoms with van der Waals surface area (Å²) in [6, 6.07) is 13.7. The molecule has 130 valence electrons. The number of nitrogens with zero attached hydrogens (tertiary/aromatic N) is 3. The van der Waals surface area contributed by atoms with Crippen molar-refractivity contribution in [3.05, 3.63) is 54.4 Å². The molecule has 1 aliphatic heterocycles. The predicted octanol–water partition coefficient (Wildman–Crippen LogP) is 5.64. The molecule has 4 rings (SSSR count). The van der Waals surface area contributed by atoms with E-state index in [1.54, 1.807) is 0 Å². The van der Waals surface area contributed by atoms with E-state index in [9.17, 15) is 0 Å². The van der Waals surface area contributed by atoms with Crippen LogP contribution in [0.1, 0.15) is 39.3 Å². The molecule has 2 aromatic carbocycles. The molecule has 1 aromatic heterocycles. The Bertz CT molecular complexity index is 991. The van der Waals surface area contributed by atoms with Gasteiger partial charge in [-0.25, -0.2) is 0 Å². The zero-order chi connectivity index (χ0) is 17.9. The molecule has 0 fully saturated rings. The Hall–Kier alpha value is -2.42. The Labute approximate surface area is 150 Å². The van der Waals surface area contributed by atoms with Gasteiger partial charge in [-0.05, 0) is 46.2 Å². The zero-order valence-electron chi connectivity index (χ0n) is 16.0. The van der Waals surface area contributed by atoms with Gasteiger partial charge in [-0.1, -0.05) is 30.3 Å². The van der Waals surface area contributed by atoms with Crippen LogP contribution < -0.4 is 4.90 Å². The number of anilines is 1. The molecule has 0 saturated heterocycles. The monoisotopic (exact) mass is 333 g/mol. The van der Waals surface area contributed by atoms with Crippen LogP contribution in [0.25, 0.3) is 21.8 Å². The molecule has 3 nitrogen and oxygen atoms in total. The number of hydrogen-bond donors (Lipinski definition) is 0. The molecule has 3 heteroatoms. The molecule has 0 radical (unpaired) electrons. The number of rotatable bonds is 2. The van der Waals surface area contributed by atoms with E-state index in [0.29, 0.717) is 6.04 Å². The van der Waals surface area contributed by atoms with E-state index >= 15 is 0 Å². The van der Waals surface area contributed by atoms with Gasteiger partial charge in [0.05, 0.1) is 11.2 Å². The summed E-state index contributed by atoms with van der Waals surface area (Å²) in [5, 5.41) is 2.67. The van der Waals surface area contributed by atoms with Gasteiger partial charge >= 0.3 is 0 Å². The summed E-state index contributed by atoms with van der Waals surface area (Å²) < 4.78 is 2.50. The molecule has 2 heterocycles. The molecule has 0 bridgehead atoms. The lowest BCUT2D eigenvalue weighted by Gasteiger charge is -2.39. The van der Waals surface area contributed by atoms with E-state index in [1.807, 2.05) is 0 Å². The lowest BCUT2D eigenvalue weighted by molar-refractivity contribution is 0.253. The van der Waals surface area contributed by atoms with Crippen molar-refractivity contribution in [2.75, 3.05) is 11.9 Å². The summed E-state index contributed by atoms with van der Waals surface area (Å²) in [4.78, 5) is 4.69. The van der Waals surface area contributed by atoms with Crippen LogP contribution in [-0.4, -0.2) is 22.2 Å². The summed E-state index contributed by atoms with van der Waals surface area (Å²) in [6.45, 7) is 11.3. The second kappa shape index (κ2) is 5.29. The van der Waals surface area contributed by atoms with E-state index in [1.165, 1.54) is 33.1 Å². The van der Waals surface area contributed by atoms with Crippen molar-refractivity contribution in [3.8, 4) is 0 Å². The van der Waals surface area contributed by atoms with Crippen molar-refractivity contribution >= 4 is 27.5 Å². The van der Waals surface area contributed by atoms with Crippen LogP contribution in [-0.2, 0) is 0 Å². The molecule has 0 spiro atoms. The number of benzene rings is 2. The number of aryl methyl sites for hydroxylation is 1. The predicted molar refractivity (Wildman–Crippen MR) is 108 cm³/mol. The van der Waals surface area contributed by atoms with Crippen LogP contribution in [0.15, 0.2) is 48.8 Å². The van der Waals surface area contributed by atoms with E-state index in [2.05, 4.69) is 105 Å². The molecular weight excluding hydrogens is 306 g/mol. The van der Waals surface area contributed by atoms with Crippen molar-refractivity contribution in [2.45, 2.75) is 46.3 Å². The molecule has 0 aliphatic carbocycles. The topological polar surface area (TPSA) is 11.4 Å². The molecule has 1 aliphatic rings. The molecule has 0 saturated carbocycles. The van der Waals surface area contributed by atoms with Crippen molar-refractivity contribution in [3.63, 3.8) is 0 Å². The number of para-hydroxylation sites is 1. The molecule has 25 heavy (non-hydrogen) atoms. The van der Waals surface area contributed by atoms with Crippen molar-refractivity contribution < 1.29 is 0 Å². The van der Waals surface area contributed by atoms with Crippen LogP contribution >= 0.6 is 0 Å². The fraction of sp³-hybridized carbons (Fsp3) is 0.364. The second-order valence-corrected chi connectivity index (χ2v) is 7.88. The Morgan fingerprint density at radius 3 is 2.28 bits per heavy atom. The smallest absolute Gasteiger partial charge is 0.110 e. The summed E-state index contributed by atoms with van der Waals surface area (Å²) in [5.74, 6) is 0. The van der Waals surface area contributed by atoms with Crippen LogP contribution in [0.2, 0.25) is 0 Å². The first-order chi connectivity index (χ1) is 11.8. The standard InChI is InChI=1S/C22H27N3/c1-15(2)25-19-10-8-7-9-17(19)18-12-11-16(3)20(21(18)25)24-14-13-23(6)22(24,4)5/h7-15H,1-6H3. The van der Waals surface area contributed by atoms with Crippen molar-refractivity contribution in [1.82, 2.24) is 9.47 Å². The fourth-order valence-corrected chi connectivity index (χ4v) is 4.06. The summed E-state index contributed by atoms with van der Waals surface area (Å²) >= 11 is 0. The van der Waals surface area contributed by atoms with Gasteiger partial charge in [0, 0.05) is 41.8 Å². The second-order valence-electron chi connectivity index (χ2n) is 7.88. The third kappa shape index (κ3) is 2.11. The average Bonchev–Trinajstić information content (AvgIpc) is 3.03. The first-order valence-electron chi connectivity index (χ1n) is 9.07. The van der Waals surface area contributed by atoms with E-state index in [-0.39, 0.29) is 5.66 Å². The van der Waals surface area contributed by atoms with Crippen LogP contribution in [0.3, 0.4) is 0 Å². The van der Waals surface area contributed by atoms with Gasteiger partial charge in [0.2, 0.25) is 0 Å². The Kier molecular flexibility index (Phi) is 3.40. The van der Waals surface area contributed by atoms with Gasteiger partial charge in [0.1, 0.15) is 5.66 Å². The summed E-state index contributed by atoms with van der Waals surface area (Å²) in [5.41, 5.74) is 5.19. The lowest BCUT2D eigenvalue weighted by Crippen LogP contribution is -2.47. The van der Waals surface area contributed by atoms with E-state index in [4.69, 9.17) is 0 Å². The van der Waals surface area contributed by atoms with E-state index < -0.39 is 0 Å². The quantitative estimate of drug-likeness (QED) is 0.601. The Morgan fingerprint density at radius 2 is 1.64 bits per heavy atom. The molecule has 0 atom stereocenters. The highest BCUT2D eigenvalue weighted by Gasteiger charge is 2.35. The maximum absolute atomic E-state index is 2.50. The minimum Gasteiger partial charge on any atom is -0.357 e. The largest absolute Gasteiger partial charge is 0.357 e. The van der Waals surface area contributed by atoms with Crippen LogP contribution in [0.4, 0.5) is 5.69 Å². The first kappa shape index (κ1) is 16.1. The third-order valence-electron chi connectivity index (χ3n) is 5.70. The van der Waals surface area contributed by atoms with Gasteiger partial charge < -0.3 is 14.4 Å².